The first-order valence-electron chi connectivity index (χ1n) is 36.2. The van der Waals surface area contributed by atoms with Crippen LogP contribution in [0.3, 0.4) is 0 Å². The first-order chi connectivity index (χ1) is 48.1. The van der Waals surface area contributed by atoms with Crippen LogP contribution in [0.4, 0.5) is 0 Å². The van der Waals surface area contributed by atoms with Crippen LogP contribution in [0, 0.1) is 29.6 Å². The predicted molar refractivity (Wildman–Crippen MR) is 392 cm³/mol. The second kappa shape index (κ2) is 40.5. The summed E-state index contributed by atoms with van der Waals surface area (Å²) in [6, 6.07) is 1.21. The fraction of sp³-hybridized carbons (Fsp3) is 0.680. The van der Waals surface area contributed by atoms with Gasteiger partial charge in [-0.25, -0.2) is 0 Å². The van der Waals surface area contributed by atoms with Gasteiger partial charge in [-0.1, -0.05) is 123 Å². The largest absolute Gasteiger partial charge is 0.391 e. The summed E-state index contributed by atoms with van der Waals surface area (Å²) in [5.41, 5.74) is -0.0670. The molecular weight excluding hydrogens is 1340 g/mol. The summed E-state index contributed by atoms with van der Waals surface area (Å²) in [5, 5.41) is 36.1. The maximum Gasteiger partial charge on any atom is 0.248 e. The quantitative estimate of drug-likeness (QED) is 0.0989. The molecule has 2 fully saturated rings. The van der Waals surface area contributed by atoms with E-state index in [4.69, 9.17) is 16.3 Å². The Labute approximate surface area is 614 Å². The molecule has 0 aromatic heterocycles. The van der Waals surface area contributed by atoms with Gasteiger partial charge < -0.3 is 75.8 Å². The SMILES string of the molecule is CC(C)C[C@@H]1NC(=O)[C@H](Cc2ccccc2)N(C)C(=O)[C@@H](C(C)C)NC(=O)C[C@@H](C(=O)N2CCCCC2)NC(=O)[C@H](CC(C)C)N(C)C(=O)[C@H](Cc2cccc(Cl)c2)N(C)C(=O)[C@H](COCCC(C)(C)O)NC(=O)[C@H](CC(C)C)N(C)C(=O)CN(C)C(=O)[C@H]([C@@H](C)O)NC(=O)[C@H](C(C)C)N(C)C1=O. The van der Waals surface area contributed by atoms with E-state index in [1.54, 1.807) is 101 Å². The zero-order valence-corrected chi connectivity index (χ0v) is 65.0. The van der Waals surface area contributed by atoms with Gasteiger partial charge in [-0.15, -0.1) is 0 Å². The van der Waals surface area contributed by atoms with E-state index in [9.17, 15) is 39.0 Å². The minimum atomic E-state index is -1.69. The second-order valence-corrected chi connectivity index (χ2v) is 31.0. The van der Waals surface area contributed by atoms with Crippen molar-refractivity contribution in [1.82, 2.24) is 60.9 Å². The van der Waals surface area contributed by atoms with Crippen LogP contribution in [0.5, 0.6) is 0 Å². The Kier molecular flexibility index (Phi) is 34.5. The van der Waals surface area contributed by atoms with Gasteiger partial charge >= 0.3 is 0 Å². The summed E-state index contributed by atoms with van der Waals surface area (Å²) in [4.78, 5) is 188. The van der Waals surface area contributed by atoms with Crippen LogP contribution in [-0.4, -0.2) is 263 Å². The molecule has 12 amide bonds. The lowest BCUT2D eigenvalue weighted by atomic mass is 9.96. The van der Waals surface area contributed by atoms with Crippen molar-refractivity contribution < 1.29 is 72.5 Å². The van der Waals surface area contributed by atoms with Crippen LogP contribution in [0.2, 0.25) is 5.02 Å². The first kappa shape index (κ1) is 87.7. The molecule has 4 rings (SSSR count). The van der Waals surface area contributed by atoms with Gasteiger partial charge in [-0.05, 0) is 119 Å². The molecule has 2 heterocycles. The van der Waals surface area contributed by atoms with Crippen molar-refractivity contribution in [2.24, 2.45) is 29.6 Å². The number of likely N-dealkylation sites (N-methyl/N-ethyl adjacent to an activating group) is 6. The number of ether oxygens (including phenoxy) is 1. The topological polar surface area (TPSA) is 337 Å². The molecule has 0 aliphatic carbocycles. The highest BCUT2D eigenvalue weighted by Crippen LogP contribution is 2.24. The third-order valence-corrected chi connectivity index (χ3v) is 19.2. The predicted octanol–water partition coefficient (Wildman–Crippen LogP) is 3.57. The number of likely N-dealkylation sites (tertiary alicyclic amines) is 1. The van der Waals surface area contributed by atoms with Crippen LogP contribution < -0.4 is 26.6 Å². The van der Waals surface area contributed by atoms with Crippen molar-refractivity contribution in [1.29, 1.82) is 0 Å². The minimum absolute atomic E-state index is 0.0147. The highest BCUT2D eigenvalue weighted by atomic mass is 35.5. The molecule has 2 aromatic carbocycles. The molecule has 576 valence electrons. The first-order valence-corrected chi connectivity index (χ1v) is 36.6. The molecule has 2 aliphatic rings. The van der Waals surface area contributed by atoms with Gasteiger partial charge in [0.05, 0.1) is 31.3 Å². The van der Waals surface area contributed by atoms with Gasteiger partial charge in [-0.3, -0.25) is 57.5 Å². The Hall–Kier alpha value is -7.75. The number of halogens is 1. The molecule has 103 heavy (non-hydrogen) atoms. The molecule has 2 saturated heterocycles. The lowest BCUT2D eigenvalue weighted by Gasteiger charge is -2.38. The second-order valence-electron chi connectivity index (χ2n) is 30.6. The highest BCUT2D eigenvalue weighted by molar-refractivity contribution is 6.30. The summed E-state index contributed by atoms with van der Waals surface area (Å²) in [5.74, 6) is -11.4. The number of hydrogen-bond acceptors (Lipinski definition) is 15. The van der Waals surface area contributed by atoms with E-state index < -0.39 is 174 Å². The lowest BCUT2D eigenvalue weighted by molar-refractivity contribution is -0.151. The van der Waals surface area contributed by atoms with Gasteiger partial charge in [0, 0.05) is 79.8 Å². The molecule has 11 atom stereocenters. The van der Waals surface area contributed by atoms with Crippen molar-refractivity contribution in [3.05, 3.63) is 70.7 Å². The number of aliphatic hydroxyl groups is 2. The number of carbonyl (C=O) groups excluding carboxylic acids is 12. The van der Waals surface area contributed by atoms with E-state index in [-0.39, 0.29) is 62.9 Å². The standard InChI is InChI=1S/C75H119ClN12O15/c1-44(2)35-53-69(96)87(19)64(48(9)10)68(95)81-63(49(11)89)73(100)82(14)42-61(91)83(15)56(36-45(3)4)65(92)79-55(43-103-34-31-75(12,13)102)70(97)86(18)59(40-51-29-26-30-52(76)38-51)72(99)84(16)57(37-46(5)6)66(93)78-54(71(98)88-32-24-21-25-33-88)41-60(90)80-62(47(7)8)74(101)85(17)58(67(94)77-53)39-50-27-22-20-23-28-50/h20,22-23,26-30,38,44-49,53-59,62-64,89,102H,21,24-25,31-37,39-43H2,1-19H3,(H,77,94)(H,78,93)(H,79,92)(H,80,90)(H,81,95)/t49-,53+,54+,55+,56+,57+,58+,59+,62-,63+,64+/m1/s1. The monoisotopic (exact) mass is 1460 g/mol. The molecule has 28 heteroatoms. The molecule has 2 aliphatic heterocycles. The normalized spacial score (nSPS) is 24.8. The fourth-order valence-electron chi connectivity index (χ4n) is 12.9. The van der Waals surface area contributed by atoms with E-state index in [0.29, 0.717) is 42.1 Å². The van der Waals surface area contributed by atoms with Crippen molar-refractivity contribution in [2.45, 2.75) is 226 Å². The van der Waals surface area contributed by atoms with Crippen LogP contribution >= 0.6 is 11.6 Å². The lowest BCUT2D eigenvalue weighted by Crippen LogP contribution is -2.62. The van der Waals surface area contributed by atoms with Gasteiger partial charge in [0.1, 0.15) is 60.4 Å². The van der Waals surface area contributed by atoms with E-state index in [1.165, 1.54) is 59.0 Å². The third-order valence-electron chi connectivity index (χ3n) is 18.9. The van der Waals surface area contributed by atoms with E-state index in [0.717, 1.165) is 26.0 Å². The number of amides is 12. The molecule has 0 bridgehead atoms. The summed E-state index contributed by atoms with van der Waals surface area (Å²) in [6.45, 7) is 21.4. The third kappa shape index (κ3) is 26.4. The summed E-state index contributed by atoms with van der Waals surface area (Å²) < 4.78 is 6.01. The van der Waals surface area contributed by atoms with Crippen molar-refractivity contribution in [3.8, 4) is 0 Å². The van der Waals surface area contributed by atoms with Gasteiger partial charge in [-0.2, -0.15) is 0 Å². The van der Waals surface area contributed by atoms with E-state index in [2.05, 4.69) is 26.6 Å². The smallest absolute Gasteiger partial charge is 0.248 e. The maximum atomic E-state index is 15.7. The zero-order valence-electron chi connectivity index (χ0n) is 64.3. The number of piperidine rings is 1. The number of benzene rings is 2. The Balaban J connectivity index is 2.00. The molecule has 2 aromatic rings. The number of aliphatic hydroxyl groups excluding tert-OH is 1. The van der Waals surface area contributed by atoms with E-state index in [1.807, 2.05) is 41.5 Å². The number of rotatable bonds is 19. The molecule has 27 nitrogen and oxygen atoms in total. The van der Waals surface area contributed by atoms with Gasteiger partial charge in [0.15, 0.2) is 0 Å². The van der Waals surface area contributed by atoms with Crippen LogP contribution in [0.15, 0.2) is 54.6 Å². The van der Waals surface area contributed by atoms with Gasteiger partial charge in [0.2, 0.25) is 70.9 Å². The number of carbonyl (C=O) groups is 12. The van der Waals surface area contributed by atoms with Crippen molar-refractivity contribution in [2.75, 3.05) is 75.1 Å². The van der Waals surface area contributed by atoms with E-state index >= 15 is 28.8 Å². The number of hydrogen-bond donors (Lipinski definition) is 7. The van der Waals surface area contributed by atoms with Gasteiger partial charge in [0.25, 0.3) is 0 Å². The maximum absolute atomic E-state index is 15.7. The zero-order chi connectivity index (χ0) is 77.7. The molecule has 7 N–H and O–H groups in total. The Bertz CT molecular complexity index is 3210. The molecule has 0 unspecified atom stereocenters. The number of nitrogens with zero attached hydrogens (tertiary/aromatic N) is 7. The molecular formula is C75H119ClN12O15. The Morgan fingerprint density at radius 3 is 1.60 bits per heavy atom. The minimum Gasteiger partial charge on any atom is -0.391 e. The average molecular weight is 1460 g/mol. The number of nitrogens with one attached hydrogen (secondary N) is 5. The Morgan fingerprint density at radius 2 is 1.06 bits per heavy atom. The van der Waals surface area contributed by atoms with Crippen LogP contribution in [-0.2, 0) is 75.1 Å². The molecule has 0 radical (unpaired) electrons. The van der Waals surface area contributed by atoms with Crippen molar-refractivity contribution in [3.63, 3.8) is 0 Å². The highest BCUT2D eigenvalue weighted by Gasteiger charge is 2.44. The van der Waals surface area contributed by atoms with Crippen molar-refractivity contribution >= 4 is 82.5 Å². The van der Waals surface area contributed by atoms with Crippen LogP contribution in [0.1, 0.15) is 153 Å². The average Bonchev–Trinajstić information content (AvgIpc) is 0.828. The summed E-state index contributed by atoms with van der Waals surface area (Å²) >= 11 is 6.53. The van der Waals surface area contributed by atoms with Crippen LogP contribution in [0.25, 0.3) is 0 Å². The summed E-state index contributed by atoms with van der Waals surface area (Å²) in [7, 11) is 8.13. The molecule has 0 spiro atoms. The fourth-order valence-corrected chi connectivity index (χ4v) is 13.1. The summed E-state index contributed by atoms with van der Waals surface area (Å²) in [6.07, 6.45) is -0.153. The Morgan fingerprint density at radius 1 is 0.544 bits per heavy atom. The molecule has 0 saturated carbocycles.